The zero-order valence-corrected chi connectivity index (χ0v) is 11.1. The molecule has 1 saturated heterocycles. The summed E-state index contributed by atoms with van der Waals surface area (Å²) in [5.74, 6) is -0.655. The van der Waals surface area contributed by atoms with Crippen LogP contribution in [0.3, 0.4) is 0 Å². The summed E-state index contributed by atoms with van der Waals surface area (Å²) in [6.07, 6.45) is 1.28. The third kappa shape index (κ3) is 2.38. The van der Waals surface area contributed by atoms with Gasteiger partial charge in [-0.05, 0) is 31.0 Å². The highest BCUT2D eigenvalue weighted by Crippen LogP contribution is 2.30. The number of aliphatic hydroxyl groups excluding tert-OH is 1. The first-order chi connectivity index (χ1) is 8.46. The van der Waals surface area contributed by atoms with Gasteiger partial charge in [0.2, 0.25) is 10.0 Å². The van der Waals surface area contributed by atoms with Crippen molar-refractivity contribution in [3.63, 3.8) is 0 Å². The lowest BCUT2D eigenvalue weighted by Crippen LogP contribution is -2.37. The Balaban J connectivity index is 2.45. The molecule has 1 aliphatic heterocycles. The summed E-state index contributed by atoms with van der Waals surface area (Å²) in [6.45, 7) is 0.0760. The van der Waals surface area contributed by atoms with Gasteiger partial charge < -0.3 is 5.11 Å². The van der Waals surface area contributed by atoms with E-state index in [0.717, 1.165) is 12.1 Å². The molecule has 2 rings (SSSR count). The van der Waals surface area contributed by atoms with Gasteiger partial charge >= 0.3 is 0 Å². The first-order valence-electron chi connectivity index (χ1n) is 5.54. The number of nitrogens with zero attached hydrogens (tertiary/aromatic N) is 1. The fraction of sp³-hybridized carbons (Fsp3) is 0.455. The van der Waals surface area contributed by atoms with Crippen molar-refractivity contribution < 1.29 is 17.9 Å². The molecular weight excluding hydrogens is 281 g/mol. The molecule has 0 bridgehead atoms. The second-order valence-corrected chi connectivity index (χ2v) is 6.44. The molecule has 4 nitrogen and oxygen atoms in total. The van der Waals surface area contributed by atoms with E-state index < -0.39 is 21.9 Å². The van der Waals surface area contributed by atoms with Crippen molar-refractivity contribution in [2.45, 2.75) is 23.8 Å². The lowest BCUT2D eigenvalue weighted by Gasteiger charge is -2.22. The van der Waals surface area contributed by atoms with Gasteiger partial charge in [0.05, 0.1) is 11.6 Å². The molecule has 1 unspecified atom stereocenters. The Morgan fingerprint density at radius 2 is 2.22 bits per heavy atom. The highest BCUT2D eigenvalue weighted by atomic mass is 35.5. The summed E-state index contributed by atoms with van der Waals surface area (Å²) in [5.41, 5.74) is 0. The predicted molar refractivity (Wildman–Crippen MR) is 65.4 cm³/mol. The summed E-state index contributed by atoms with van der Waals surface area (Å²) < 4.78 is 39.0. The maximum atomic E-state index is 13.2. The van der Waals surface area contributed by atoms with Gasteiger partial charge in [0.15, 0.2) is 0 Å². The molecule has 1 heterocycles. The Labute approximate surface area is 110 Å². The number of rotatable bonds is 3. The molecule has 1 atom stereocenters. The SMILES string of the molecule is O=S(=O)(c1cc(F)ccc1Cl)N1CCCC1CO. The van der Waals surface area contributed by atoms with Gasteiger partial charge in [-0.3, -0.25) is 0 Å². The molecule has 0 spiro atoms. The molecule has 100 valence electrons. The van der Waals surface area contributed by atoms with Crippen LogP contribution in [0, 0.1) is 5.82 Å². The number of hydrogen-bond donors (Lipinski definition) is 1. The van der Waals surface area contributed by atoms with Crippen LogP contribution in [-0.2, 0) is 10.0 Å². The van der Waals surface area contributed by atoms with Crippen molar-refractivity contribution in [3.8, 4) is 0 Å². The van der Waals surface area contributed by atoms with Crippen molar-refractivity contribution in [2.75, 3.05) is 13.2 Å². The number of hydrogen-bond acceptors (Lipinski definition) is 3. The normalized spacial score (nSPS) is 21.4. The van der Waals surface area contributed by atoms with Crippen molar-refractivity contribution >= 4 is 21.6 Å². The molecule has 0 amide bonds. The predicted octanol–water partition coefficient (Wildman–Crippen LogP) is 1.62. The molecule has 0 radical (unpaired) electrons. The minimum atomic E-state index is -3.85. The monoisotopic (exact) mass is 293 g/mol. The van der Waals surface area contributed by atoms with Gasteiger partial charge in [0, 0.05) is 12.6 Å². The smallest absolute Gasteiger partial charge is 0.244 e. The van der Waals surface area contributed by atoms with E-state index in [1.54, 1.807) is 0 Å². The third-order valence-corrected chi connectivity index (χ3v) is 5.45. The standard InChI is InChI=1S/C11H13ClFNO3S/c12-10-4-3-8(13)6-11(10)18(16,17)14-5-1-2-9(14)7-15/h3-4,6,9,15H,1-2,5,7H2. The van der Waals surface area contributed by atoms with E-state index in [-0.39, 0.29) is 16.5 Å². The van der Waals surface area contributed by atoms with E-state index in [4.69, 9.17) is 16.7 Å². The quantitative estimate of drug-likeness (QED) is 0.921. The molecule has 0 saturated carbocycles. The van der Waals surface area contributed by atoms with E-state index in [9.17, 15) is 12.8 Å². The van der Waals surface area contributed by atoms with Crippen LogP contribution in [0.15, 0.2) is 23.1 Å². The van der Waals surface area contributed by atoms with Crippen LogP contribution in [0.4, 0.5) is 4.39 Å². The third-order valence-electron chi connectivity index (χ3n) is 3.01. The molecular formula is C11H13ClFNO3S. The van der Waals surface area contributed by atoms with Gasteiger partial charge in [0.25, 0.3) is 0 Å². The summed E-state index contributed by atoms with van der Waals surface area (Å²) >= 11 is 5.82. The van der Waals surface area contributed by atoms with Gasteiger partial charge in [-0.1, -0.05) is 11.6 Å². The number of sulfonamides is 1. The maximum absolute atomic E-state index is 13.2. The lowest BCUT2D eigenvalue weighted by molar-refractivity contribution is 0.213. The van der Waals surface area contributed by atoms with Crippen LogP contribution >= 0.6 is 11.6 Å². The second-order valence-electron chi connectivity index (χ2n) is 4.17. The average Bonchev–Trinajstić information content (AvgIpc) is 2.81. The fourth-order valence-corrected chi connectivity index (χ4v) is 4.28. The van der Waals surface area contributed by atoms with Crippen LogP contribution in [-0.4, -0.2) is 37.0 Å². The number of benzene rings is 1. The maximum Gasteiger partial charge on any atom is 0.244 e. The van der Waals surface area contributed by atoms with Crippen molar-refractivity contribution in [3.05, 3.63) is 29.0 Å². The largest absolute Gasteiger partial charge is 0.395 e. The van der Waals surface area contributed by atoms with Crippen LogP contribution in [0.2, 0.25) is 5.02 Å². The molecule has 1 aromatic rings. The van der Waals surface area contributed by atoms with Crippen molar-refractivity contribution in [2.24, 2.45) is 0 Å². The van der Waals surface area contributed by atoms with E-state index in [0.29, 0.717) is 19.4 Å². The highest BCUT2D eigenvalue weighted by molar-refractivity contribution is 7.89. The van der Waals surface area contributed by atoms with E-state index >= 15 is 0 Å². The topological polar surface area (TPSA) is 57.6 Å². The average molecular weight is 294 g/mol. The van der Waals surface area contributed by atoms with E-state index in [2.05, 4.69) is 0 Å². The van der Waals surface area contributed by atoms with Crippen molar-refractivity contribution in [1.82, 2.24) is 4.31 Å². The van der Waals surface area contributed by atoms with Crippen LogP contribution in [0.25, 0.3) is 0 Å². The molecule has 1 fully saturated rings. The number of halogens is 2. The molecule has 0 aliphatic carbocycles. The van der Waals surface area contributed by atoms with Crippen LogP contribution in [0.1, 0.15) is 12.8 Å². The summed E-state index contributed by atoms with van der Waals surface area (Å²) in [7, 11) is -3.85. The Morgan fingerprint density at radius 3 is 2.89 bits per heavy atom. The number of aliphatic hydroxyl groups is 1. The Morgan fingerprint density at radius 1 is 1.50 bits per heavy atom. The minimum Gasteiger partial charge on any atom is -0.395 e. The summed E-state index contributed by atoms with van der Waals surface area (Å²) in [5, 5.41) is 9.14. The van der Waals surface area contributed by atoms with Gasteiger partial charge in [0.1, 0.15) is 10.7 Å². The lowest BCUT2D eigenvalue weighted by atomic mass is 10.2. The summed E-state index contributed by atoms with van der Waals surface area (Å²) in [6, 6.07) is 2.78. The Hall–Kier alpha value is -0.690. The molecule has 18 heavy (non-hydrogen) atoms. The molecule has 1 aliphatic rings. The molecule has 1 aromatic carbocycles. The van der Waals surface area contributed by atoms with Gasteiger partial charge in [-0.25, -0.2) is 12.8 Å². The minimum absolute atomic E-state index is 0.0139. The first-order valence-corrected chi connectivity index (χ1v) is 7.36. The second kappa shape index (κ2) is 5.13. The fourth-order valence-electron chi connectivity index (χ4n) is 2.11. The molecule has 0 aromatic heterocycles. The molecule has 7 heteroatoms. The molecule has 1 N–H and O–H groups in total. The van der Waals surface area contributed by atoms with E-state index in [1.807, 2.05) is 0 Å². The summed E-state index contributed by atoms with van der Waals surface area (Å²) in [4.78, 5) is -0.246. The first kappa shape index (κ1) is 13.7. The van der Waals surface area contributed by atoms with Gasteiger partial charge in [-0.15, -0.1) is 0 Å². The van der Waals surface area contributed by atoms with Gasteiger partial charge in [-0.2, -0.15) is 4.31 Å². The van der Waals surface area contributed by atoms with Crippen LogP contribution < -0.4 is 0 Å². The zero-order chi connectivity index (χ0) is 13.3. The Bertz CT molecular complexity index is 549. The highest BCUT2D eigenvalue weighted by Gasteiger charge is 2.36. The van der Waals surface area contributed by atoms with Crippen LogP contribution in [0.5, 0.6) is 0 Å². The van der Waals surface area contributed by atoms with E-state index in [1.165, 1.54) is 10.4 Å². The van der Waals surface area contributed by atoms with Crippen molar-refractivity contribution in [1.29, 1.82) is 0 Å². The Kier molecular flexibility index (Phi) is 3.91. The zero-order valence-electron chi connectivity index (χ0n) is 9.51.